The zero-order valence-corrected chi connectivity index (χ0v) is 39.4. The van der Waals surface area contributed by atoms with Crippen LogP contribution in [0.4, 0.5) is 0 Å². The highest BCUT2D eigenvalue weighted by Crippen LogP contribution is 2.40. The van der Waals surface area contributed by atoms with Crippen LogP contribution in [0.3, 0.4) is 0 Å². The first-order chi connectivity index (χ1) is 27.9. The Morgan fingerprint density at radius 2 is 1.60 bits per heavy atom. The monoisotopic (exact) mass is 862 g/mol. The summed E-state index contributed by atoms with van der Waals surface area (Å²) in [6, 6.07) is -0.897. The summed E-state index contributed by atoms with van der Waals surface area (Å²) in [6.07, 6.45) is -8.20. The summed E-state index contributed by atoms with van der Waals surface area (Å²) < 4.78 is 44.4. The Morgan fingerprint density at radius 1 is 0.967 bits per heavy atom. The molecule has 60 heavy (non-hydrogen) atoms. The number of aliphatic hydroxyl groups excluding tert-OH is 2. The van der Waals surface area contributed by atoms with Gasteiger partial charge in [0.2, 0.25) is 0 Å². The normalized spacial score (nSPS) is 44.5. The maximum absolute atomic E-state index is 14.4. The zero-order chi connectivity index (χ0) is 45.5. The van der Waals surface area contributed by atoms with E-state index in [1.165, 1.54) is 6.92 Å². The van der Waals surface area contributed by atoms with Crippen molar-refractivity contribution >= 4 is 11.9 Å². The summed E-state index contributed by atoms with van der Waals surface area (Å²) in [6.45, 7) is 24.4. The predicted octanol–water partition coefficient (Wildman–Crippen LogP) is 2.84. The number of aliphatic hydroxyl groups is 4. The van der Waals surface area contributed by atoms with Crippen molar-refractivity contribution in [3.05, 3.63) is 0 Å². The molecule has 3 fully saturated rings. The molecule has 0 aliphatic carbocycles. The number of carbonyl (C=O) groups is 2. The molecule has 0 spiro atoms. The average Bonchev–Trinajstić information content (AvgIpc) is 3.18. The SMILES string of the molecule is CC[C@H]1OC(=O)[C@H](C)[C@@H](O[C@H]2C[C@@](C)(OC)C(OC(=O)CCN(CC)CC)[C@H](C)O2)[C@H](C)[C@@H](O[C@@H]2O[C@H](C)C[C@H](NC)[C@H]2O)[C@](C)(O)C[C@@H](C)CN(C)[C@H](C)[C@@H](O)[C@]1(C)O. The zero-order valence-electron chi connectivity index (χ0n) is 39.4. The standard InChI is InChI=1S/C44H83N3O13/c1-16-32-44(12,53)37(50)29(8)46(14)24-25(4)22-42(10,52)38(60-41-35(49)31(45-13)21-26(5)55-41)27(6)36(28(7)40(51)57-32)59-34-23-43(11,54-15)39(30(9)56-34)58-33(48)19-20-47(17-2)18-3/h25-32,34-39,41,45,49-50,52-53H,16-24H2,1-15H3/t25-,26-,27+,28-,29-,30+,31+,32-,34+,35-,36+,37-,38-,39?,41+,42-,43-,44-/m1/s1. The number of nitrogens with zero attached hydrogens (tertiary/aromatic N) is 2. The number of ether oxygens (including phenoxy) is 7. The molecule has 5 N–H and O–H groups in total. The van der Waals surface area contributed by atoms with Crippen molar-refractivity contribution in [2.24, 2.45) is 17.8 Å². The lowest BCUT2D eigenvalue weighted by atomic mass is 9.77. The van der Waals surface area contributed by atoms with E-state index >= 15 is 0 Å². The van der Waals surface area contributed by atoms with Gasteiger partial charge in [-0.2, -0.15) is 0 Å². The van der Waals surface area contributed by atoms with Crippen molar-refractivity contribution in [1.29, 1.82) is 0 Å². The fourth-order valence-electron chi connectivity index (χ4n) is 9.73. The van der Waals surface area contributed by atoms with E-state index in [1.807, 2.05) is 53.5 Å². The van der Waals surface area contributed by atoms with Crippen LogP contribution in [-0.4, -0.2) is 180 Å². The van der Waals surface area contributed by atoms with E-state index in [9.17, 15) is 30.0 Å². The second-order valence-electron chi connectivity index (χ2n) is 18.8. The Kier molecular flexibility index (Phi) is 19.7. The minimum atomic E-state index is -1.82. The molecule has 3 saturated heterocycles. The van der Waals surface area contributed by atoms with Gasteiger partial charge in [-0.1, -0.05) is 34.6 Å². The first kappa shape index (κ1) is 52.8. The number of hydrogen-bond acceptors (Lipinski definition) is 16. The maximum atomic E-state index is 14.4. The van der Waals surface area contributed by atoms with E-state index < -0.39 is 96.0 Å². The van der Waals surface area contributed by atoms with E-state index in [0.717, 1.165) is 13.1 Å². The molecular weight excluding hydrogens is 778 g/mol. The van der Waals surface area contributed by atoms with Crippen molar-refractivity contribution in [2.45, 2.75) is 205 Å². The van der Waals surface area contributed by atoms with Gasteiger partial charge in [-0.3, -0.25) is 9.59 Å². The van der Waals surface area contributed by atoms with Gasteiger partial charge in [0, 0.05) is 44.6 Å². The summed E-state index contributed by atoms with van der Waals surface area (Å²) in [5, 5.41) is 50.6. The highest BCUT2D eigenvalue weighted by Gasteiger charge is 2.53. The van der Waals surface area contributed by atoms with Crippen molar-refractivity contribution in [1.82, 2.24) is 15.1 Å². The molecule has 0 radical (unpaired) electrons. The Labute approximate surface area is 360 Å². The minimum Gasteiger partial charge on any atom is -0.459 e. The van der Waals surface area contributed by atoms with Crippen LogP contribution in [0.1, 0.15) is 115 Å². The maximum Gasteiger partial charge on any atom is 0.311 e. The molecule has 352 valence electrons. The first-order valence-electron chi connectivity index (χ1n) is 22.4. The van der Waals surface area contributed by atoms with E-state index in [0.29, 0.717) is 19.5 Å². The van der Waals surface area contributed by atoms with Crippen LogP contribution < -0.4 is 5.32 Å². The van der Waals surface area contributed by atoms with Gasteiger partial charge in [0.15, 0.2) is 18.7 Å². The lowest BCUT2D eigenvalue weighted by Crippen LogP contribution is -2.61. The van der Waals surface area contributed by atoms with Crippen molar-refractivity contribution in [3.8, 4) is 0 Å². The highest BCUT2D eigenvalue weighted by molar-refractivity contribution is 5.73. The van der Waals surface area contributed by atoms with Crippen LogP contribution in [0.15, 0.2) is 0 Å². The third-order valence-corrected chi connectivity index (χ3v) is 13.7. The van der Waals surface area contributed by atoms with Gasteiger partial charge in [0.25, 0.3) is 0 Å². The van der Waals surface area contributed by atoms with Gasteiger partial charge < -0.3 is 68.7 Å². The molecule has 0 amide bonds. The molecule has 1 unspecified atom stereocenters. The molecule has 0 aromatic carbocycles. The fourth-order valence-corrected chi connectivity index (χ4v) is 9.73. The number of hydrogen-bond donors (Lipinski definition) is 5. The number of rotatable bonds is 13. The van der Waals surface area contributed by atoms with Crippen LogP contribution in [0.5, 0.6) is 0 Å². The Balaban J connectivity index is 2.11. The number of likely N-dealkylation sites (N-methyl/N-ethyl adjacent to an activating group) is 2. The third-order valence-electron chi connectivity index (χ3n) is 13.7. The van der Waals surface area contributed by atoms with Gasteiger partial charge in [-0.25, -0.2) is 0 Å². The first-order valence-corrected chi connectivity index (χ1v) is 22.4. The smallest absolute Gasteiger partial charge is 0.311 e. The van der Waals surface area contributed by atoms with Crippen LogP contribution >= 0.6 is 0 Å². The number of methoxy groups -OCH3 is 1. The molecule has 0 aromatic rings. The molecule has 0 saturated carbocycles. The Hall–Kier alpha value is -1.54. The molecule has 16 nitrogen and oxygen atoms in total. The predicted molar refractivity (Wildman–Crippen MR) is 226 cm³/mol. The van der Waals surface area contributed by atoms with Gasteiger partial charge in [0.05, 0.1) is 42.4 Å². The largest absolute Gasteiger partial charge is 0.459 e. The lowest BCUT2D eigenvalue weighted by Gasteiger charge is -2.49. The molecule has 0 bridgehead atoms. The molecule has 3 aliphatic rings. The van der Waals surface area contributed by atoms with Crippen molar-refractivity contribution in [3.63, 3.8) is 0 Å². The van der Waals surface area contributed by atoms with E-state index in [4.69, 9.17) is 33.2 Å². The number of carbonyl (C=O) groups excluding carboxylic acids is 2. The quantitative estimate of drug-likeness (QED) is 0.169. The Morgan fingerprint density at radius 3 is 2.17 bits per heavy atom. The number of cyclic esters (lactones) is 1. The summed E-state index contributed by atoms with van der Waals surface area (Å²) in [5.74, 6) is -3.07. The van der Waals surface area contributed by atoms with Crippen LogP contribution in [-0.2, 0) is 42.7 Å². The Bertz CT molecular complexity index is 1340. The highest BCUT2D eigenvalue weighted by atomic mass is 16.7. The van der Waals surface area contributed by atoms with Crippen LogP contribution in [0.25, 0.3) is 0 Å². The van der Waals surface area contributed by atoms with E-state index in [-0.39, 0.29) is 49.7 Å². The minimum absolute atomic E-state index is 0.111. The number of nitrogens with one attached hydrogen (secondary N) is 1. The molecule has 3 rings (SSSR count). The molecule has 3 aliphatic heterocycles. The van der Waals surface area contributed by atoms with E-state index in [2.05, 4.69) is 10.2 Å². The summed E-state index contributed by atoms with van der Waals surface area (Å²) in [4.78, 5) is 31.6. The second-order valence-corrected chi connectivity index (χ2v) is 18.8. The van der Waals surface area contributed by atoms with Gasteiger partial charge in [0.1, 0.15) is 29.5 Å². The third kappa shape index (κ3) is 12.8. The molecule has 18 atom stereocenters. The number of esters is 2. The fraction of sp³-hybridized carbons (Fsp3) is 0.955. The molecule has 3 heterocycles. The van der Waals surface area contributed by atoms with Crippen molar-refractivity contribution in [2.75, 3.05) is 47.4 Å². The van der Waals surface area contributed by atoms with Gasteiger partial charge in [-0.15, -0.1) is 0 Å². The summed E-state index contributed by atoms with van der Waals surface area (Å²) in [5.41, 5.74) is -4.47. The molecule has 0 aromatic heterocycles. The lowest BCUT2D eigenvalue weighted by molar-refractivity contribution is -0.317. The van der Waals surface area contributed by atoms with Crippen LogP contribution in [0, 0.1) is 17.8 Å². The molecule has 16 heteroatoms. The van der Waals surface area contributed by atoms with Gasteiger partial charge in [-0.05, 0) is 101 Å². The van der Waals surface area contributed by atoms with Crippen LogP contribution in [0.2, 0.25) is 0 Å². The molecular formula is C44H83N3O13. The topological polar surface area (TPSA) is 198 Å². The second kappa shape index (κ2) is 22.4. The van der Waals surface area contributed by atoms with Gasteiger partial charge >= 0.3 is 11.9 Å². The average molecular weight is 862 g/mol. The summed E-state index contributed by atoms with van der Waals surface area (Å²) in [7, 11) is 5.14. The van der Waals surface area contributed by atoms with E-state index in [1.54, 1.807) is 48.8 Å². The van der Waals surface area contributed by atoms with Crippen molar-refractivity contribution < 1.29 is 63.2 Å². The summed E-state index contributed by atoms with van der Waals surface area (Å²) >= 11 is 0.